The fraction of sp³-hybridized carbons (Fsp3) is 0.692. The van der Waals surface area contributed by atoms with Crippen LogP contribution in [0.15, 0.2) is 23.8 Å². The van der Waals surface area contributed by atoms with Crippen molar-refractivity contribution in [2.75, 3.05) is 0 Å². The monoisotopic (exact) mass is 296 g/mol. The minimum Gasteiger partial charge on any atom is -0.745 e. The Morgan fingerprint density at radius 1 is 1.53 bits per heavy atom. The van der Waals surface area contributed by atoms with Crippen LogP contribution in [0.3, 0.4) is 0 Å². The summed E-state index contributed by atoms with van der Waals surface area (Å²) in [5.41, 5.74) is 1.14. The normalized spacial score (nSPS) is 26.4. The minimum atomic E-state index is -4.76. The van der Waals surface area contributed by atoms with E-state index >= 15 is 0 Å². The third-order valence-corrected chi connectivity index (χ3v) is 4.84. The van der Waals surface area contributed by atoms with E-state index in [0.29, 0.717) is 0 Å². The second-order valence-corrected chi connectivity index (χ2v) is 7.56. The molecule has 1 aliphatic carbocycles. The summed E-state index contributed by atoms with van der Waals surface area (Å²) >= 11 is 0. The van der Waals surface area contributed by atoms with E-state index < -0.39 is 15.1 Å². The Labute approximate surface area is 138 Å². The zero-order valence-corrected chi connectivity index (χ0v) is 15.1. The van der Waals surface area contributed by atoms with Crippen LogP contribution in [0, 0.1) is 11.3 Å². The van der Waals surface area contributed by atoms with Crippen molar-refractivity contribution in [1.82, 2.24) is 0 Å². The van der Waals surface area contributed by atoms with E-state index in [1.807, 2.05) is 6.92 Å². The summed E-state index contributed by atoms with van der Waals surface area (Å²) < 4.78 is 32.7. The third kappa shape index (κ3) is 4.69. The molecule has 0 bridgehead atoms. The van der Waals surface area contributed by atoms with E-state index in [0.717, 1.165) is 31.4 Å². The van der Waals surface area contributed by atoms with Gasteiger partial charge in [0.1, 0.15) is 10.1 Å². The molecule has 4 nitrogen and oxygen atoms in total. The molecule has 0 amide bonds. The fourth-order valence-corrected chi connectivity index (χ4v) is 2.59. The van der Waals surface area contributed by atoms with Crippen LogP contribution in [0.5, 0.6) is 0 Å². The van der Waals surface area contributed by atoms with Gasteiger partial charge in [0.05, 0.1) is 0 Å². The Balaban J connectivity index is 0.00000324. The van der Waals surface area contributed by atoms with Crippen LogP contribution in [0.4, 0.5) is 0 Å². The SMILES string of the molecule is CC1=CCCC(C)(C)C1/C=C/C(C)(O)S(=O)(=O)[O-].[Na+]. The molecule has 0 saturated heterocycles. The summed E-state index contributed by atoms with van der Waals surface area (Å²) in [5.74, 6) is 0.0412. The van der Waals surface area contributed by atoms with Gasteiger partial charge in [-0.15, -0.1) is 0 Å². The van der Waals surface area contributed by atoms with Crippen LogP contribution >= 0.6 is 0 Å². The van der Waals surface area contributed by atoms with Gasteiger partial charge in [-0.25, -0.2) is 8.42 Å². The van der Waals surface area contributed by atoms with Crippen LogP contribution < -0.4 is 29.6 Å². The molecule has 1 aliphatic rings. The standard InChI is InChI=1S/C13H22O4S.Na/c1-10-6-5-8-12(2,3)11(10)7-9-13(4,14)18(15,16)17;/h6-7,9,11,14H,5,8H2,1-4H3,(H,15,16,17);/q;+1/p-1/b9-7+;. The van der Waals surface area contributed by atoms with Gasteiger partial charge in [0, 0.05) is 5.92 Å². The molecule has 0 aromatic rings. The quantitative estimate of drug-likeness (QED) is 0.419. The predicted octanol–water partition coefficient (Wildman–Crippen LogP) is -0.817. The maximum Gasteiger partial charge on any atom is 1.00 e. The summed E-state index contributed by atoms with van der Waals surface area (Å²) in [6.07, 6.45) is 6.84. The van der Waals surface area contributed by atoms with Crippen molar-refractivity contribution in [2.45, 2.75) is 45.5 Å². The average Bonchev–Trinajstić information content (AvgIpc) is 2.13. The van der Waals surface area contributed by atoms with Crippen molar-refractivity contribution in [1.29, 1.82) is 0 Å². The third-order valence-electron chi connectivity index (χ3n) is 3.69. The van der Waals surface area contributed by atoms with E-state index in [2.05, 4.69) is 19.9 Å². The van der Waals surface area contributed by atoms with Crippen LogP contribution in [0.25, 0.3) is 0 Å². The molecule has 0 spiro atoms. The molecule has 2 unspecified atom stereocenters. The van der Waals surface area contributed by atoms with E-state index in [4.69, 9.17) is 0 Å². The number of rotatable bonds is 3. The van der Waals surface area contributed by atoms with Crippen molar-refractivity contribution in [3.8, 4) is 0 Å². The van der Waals surface area contributed by atoms with Gasteiger partial charge in [-0.05, 0) is 38.2 Å². The molecule has 0 aliphatic heterocycles. The van der Waals surface area contributed by atoms with Crippen molar-refractivity contribution in [2.24, 2.45) is 11.3 Å². The predicted molar refractivity (Wildman–Crippen MR) is 69.7 cm³/mol. The topological polar surface area (TPSA) is 77.4 Å². The molecule has 0 heterocycles. The summed E-state index contributed by atoms with van der Waals surface area (Å²) in [4.78, 5) is -2.35. The van der Waals surface area contributed by atoms with E-state index in [-0.39, 0.29) is 40.9 Å². The van der Waals surface area contributed by atoms with Crippen molar-refractivity contribution in [3.05, 3.63) is 23.8 Å². The molecule has 1 N–H and O–H groups in total. The fourth-order valence-electron chi connectivity index (χ4n) is 2.34. The number of aliphatic hydroxyl groups is 1. The van der Waals surface area contributed by atoms with Gasteiger partial charge in [0.25, 0.3) is 0 Å². The molecule has 0 fully saturated rings. The van der Waals surface area contributed by atoms with E-state index in [1.165, 1.54) is 0 Å². The maximum absolute atomic E-state index is 10.9. The zero-order chi connectivity index (χ0) is 14.2. The summed E-state index contributed by atoms with van der Waals surface area (Å²) in [5, 5.41) is 9.63. The molecule has 1 rings (SSSR count). The van der Waals surface area contributed by atoms with Gasteiger partial charge >= 0.3 is 29.6 Å². The first-order valence-corrected chi connectivity index (χ1v) is 7.42. The van der Waals surface area contributed by atoms with Gasteiger partial charge in [0.15, 0.2) is 4.93 Å². The molecule has 104 valence electrons. The molecular formula is C13H21NaO4S. The van der Waals surface area contributed by atoms with Crippen LogP contribution in [-0.4, -0.2) is 23.0 Å². The smallest absolute Gasteiger partial charge is 0.745 e. The first-order chi connectivity index (χ1) is 7.97. The van der Waals surface area contributed by atoms with Crippen molar-refractivity contribution in [3.63, 3.8) is 0 Å². The first-order valence-electron chi connectivity index (χ1n) is 6.01. The summed E-state index contributed by atoms with van der Waals surface area (Å²) in [7, 11) is -4.76. The Bertz CT molecular complexity index is 475. The zero-order valence-electron chi connectivity index (χ0n) is 12.3. The summed E-state index contributed by atoms with van der Waals surface area (Å²) in [6.45, 7) is 7.18. The average molecular weight is 296 g/mol. The van der Waals surface area contributed by atoms with Crippen LogP contribution in [-0.2, 0) is 10.1 Å². The number of hydrogen-bond acceptors (Lipinski definition) is 4. The Morgan fingerprint density at radius 3 is 2.47 bits per heavy atom. The molecule has 0 radical (unpaired) electrons. The Kier molecular flexibility index (Phi) is 6.53. The summed E-state index contributed by atoms with van der Waals surface area (Å²) in [6, 6.07) is 0. The van der Waals surface area contributed by atoms with Gasteiger partial charge in [-0.2, -0.15) is 0 Å². The Hall–Kier alpha value is 0.350. The van der Waals surface area contributed by atoms with Crippen molar-refractivity contribution >= 4 is 10.1 Å². The molecule has 0 aromatic carbocycles. The van der Waals surface area contributed by atoms with Gasteiger partial charge in [-0.1, -0.05) is 31.6 Å². The van der Waals surface area contributed by atoms with Gasteiger partial charge in [-0.3, -0.25) is 0 Å². The second-order valence-electron chi connectivity index (χ2n) is 5.82. The minimum absolute atomic E-state index is 0. The molecule has 0 aromatic heterocycles. The molecule has 0 saturated carbocycles. The van der Waals surface area contributed by atoms with Crippen molar-refractivity contribution < 1.29 is 47.6 Å². The number of hydrogen-bond donors (Lipinski definition) is 1. The van der Waals surface area contributed by atoms with Crippen LogP contribution in [0.1, 0.15) is 40.5 Å². The molecule has 2 atom stereocenters. The first kappa shape index (κ1) is 19.4. The maximum atomic E-state index is 10.9. The largest absolute Gasteiger partial charge is 1.00 e. The molecule has 6 heteroatoms. The van der Waals surface area contributed by atoms with Gasteiger partial charge < -0.3 is 9.66 Å². The van der Waals surface area contributed by atoms with E-state index in [1.54, 1.807) is 6.08 Å². The van der Waals surface area contributed by atoms with E-state index in [9.17, 15) is 18.1 Å². The van der Waals surface area contributed by atoms with Crippen LogP contribution in [0.2, 0.25) is 0 Å². The number of allylic oxidation sites excluding steroid dienone is 3. The van der Waals surface area contributed by atoms with Gasteiger partial charge in [0.2, 0.25) is 0 Å². The molecule has 19 heavy (non-hydrogen) atoms. The molecular weight excluding hydrogens is 275 g/mol. The Morgan fingerprint density at radius 2 is 2.05 bits per heavy atom. The second kappa shape index (κ2) is 6.41.